The van der Waals surface area contributed by atoms with Crippen molar-refractivity contribution in [2.75, 3.05) is 31.8 Å². The summed E-state index contributed by atoms with van der Waals surface area (Å²) in [5.41, 5.74) is 4.00. The molecule has 4 heterocycles. The molecule has 3 aromatic carbocycles. The number of aromatic nitrogens is 6. The standard InChI is InChI=1S/C60H76N8O5SSi2/c1-42-32-51(64-65-53(42)63-55-67(41-71-30-31-75(9,10)11)48-24-18-19-25-49(48)74-55)66(8)50-27-26-46(52(62-50)54(69)70)47-33-61-68(43(47)2)40-59-35-57(6)34-58(7,36-59)38-60(37-57,39-59)72-28-29-73-76(56(3,4)5,44-20-14-12-15-21-44)45-22-16-13-17-23-45/h12-27,32-33H,28-31,34-41H2,1-11H3,(H,69,70)/b63-55-. The summed E-state index contributed by atoms with van der Waals surface area (Å²) in [6.45, 7) is 25.9. The number of para-hydroxylation sites is 1. The number of rotatable bonds is 19. The summed E-state index contributed by atoms with van der Waals surface area (Å²) in [5.74, 6) is 0.329. The number of hydrogen-bond acceptors (Lipinski definition) is 11. The highest BCUT2D eigenvalue weighted by Gasteiger charge is 2.66. The van der Waals surface area contributed by atoms with Gasteiger partial charge in [-0.2, -0.15) is 10.1 Å². The van der Waals surface area contributed by atoms with Gasteiger partial charge in [0.1, 0.15) is 12.5 Å². The van der Waals surface area contributed by atoms with E-state index in [1.165, 1.54) is 16.8 Å². The zero-order valence-corrected chi connectivity index (χ0v) is 49.3. The van der Waals surface area contributed by atoms with E-state index in [1.54, 1.807) is 16.2 Å². The predicted molar refractivity (Wildman–Crippen MR) is 310 cm³/mol. The van der Waals surface area contributed by atoms with Crippen molar-refractivity contribution in [3.05, 3.63) is 131 Å². The van der Waals surface area contributed by atoms with Gasteiger partial charge in [0.15, 0.2) is 22.1 Å². The molecule has 4 aliphatic carbocycles. The summed E-state index contributed by atoms with van der Waals surface area (Å²) >= 11 is 1.59. The SMILES string of the molecule is Cc1cc(N(C)c2ccc(-c3cnn(CC45CC6(C)CC(C)(C4)CC(OCCO[Si](c4ccccc4)(c4ccccc4)C(C)(C)C)(C6)C5)c3C)c(C(=O)O)n2)nnc1/N=c1\sc2ccccc2n1COCC[Si](C)(C)C. The highest BCUT2D eigenvalue weighted by molar-refractivity contribution is 7.16. The number of carbonyl (C=O) groups is 1. The summed E-state index contributed by atoms with van der Waals surface area (Å²) in [7, 11) is -2.14. The monoisotopic (exact) mass is 1080 g/mol. The van der Waals surface area contributed by atoms with Crippen LogP contribution in [0.3, 0.4) is 0 Å². The first-order chi connectivity index (χ1) is 36.0. The number of pyridine rings is 1. The van der Waals surface area contributed by atoms with E-state index in [0.29, 0.717) is 49.6 Å². The number of ether oxygens (including phenoxy) is 2. The number of hydrogen-bond donors (Lipinski definition) is 1. The van der Waals surface area contributed by atoms with Crippen LogP contribution in [0.25, 0.3) is 21.3 Å². The molecule has 0 radical (unpaired) electrons. The molecule has 7 aromatic rings. The summed E-state index contributed by atoms with van der Waals surface area (Å²) in [6.07, 6.45) is 8.26. The van der Waals surface area contributed by atoms with Gasteiger partial charge in [-0.1, -0.05) is 138 Å². The van der Waals surface area contributed by atoms with Gasteiger partial charge in [-0.15, -0.1) is 10.2 Å². The minimum absolute atomic E-state index is 0.0337. The molecule has 0 aliphatic heterocycles. The van der Waals surface area contributed by atoms with E-state index in [0.717, 1.165) is 76.5 Å². The number of anilines is 2. The van der Waals surface area contributed by atoms with E-state index < -0.39 is 22.4 Å². The van der Waals surface area contributed by atoms with Crippen molar-refractivity contribution < 1.29 is 23.8 Å². The topological polar surface area (TPSA) is 142 Å². The number of fused-ring (bicyclic) bond motifs is 1. The molecule has 2 unspecified atom stereocenters. The minimum atomic E-state index is -2.71. The molecular formula is C60H76N8O5SSi2. The number of carboxylic acid groups (broad SMARTS) is 1. The van der Waals surface area contributed by atoms with Crippen molar-refractivity contribution in [1.82, 2.24) is 29.5 Å². The van der Waals surface area contributed by atoms with Crippen LogP contribution in [-0.2, 0) is 27.2 Å². The lowest BCUT2D eigenvalue weighted by atomic mass is 9.39. The number of nitrogens with zero attached hydrogens (tertiary/aromatic N) is 8. The fourth-order valence-electron chi connectivity index (χ4n) is 14.3. The second-order valence-electron chi connectivity index (χ2n) is 25.4. The Kier molecular flexibility index (Phi) is 14.4. The lowest BCUT2D eigenvalue weighted by molar-refractivity contribution is -0.249. The molecule has 400 valence electrons. The fourth-order valence-corrected chi connectivity index (χ4v) is 20.6. The third-order valence-electron chi connectivity index (χ3n) is 16.5. The van der Waals surface area contributed by atoms with Gasteiger partial charge in [0.2, 0.25) is 0 Å². The van der Waals surface area contributed by atoms with Gasteiger partial charge in [0.05, 0.1) is 35.2 Å². The molecule has 4 aromatic heterocycles. The molecule has 0 saturated heterocycles. The van der Waals surface area contributed by atoms with E-state index >= 15 is 0 Å². The van der Waals surface area contributed by atoms with Crippen LogP contribution in [0.5, 0.6) is 0 Å². The molecule has 4 saturated carbocycles. The average molecular weight is 1080 g/mol. The van der Waals surface area contributed by atoms with Crippen LogP contribution in [0.4, 0.5) is 17.5 Å². The molecule has 16 heteroatoms. The maximum atomic E-state index is 13.1. The molecule has 4 fully saturated rings. The van der Waals surface area contributed by atoms with Crippen LogP contribution in [0.15, 0.2) is 114 Å². The van der Waals surface area contributed by atoms with Gasteiger partial charge >= 0.3 is 5.97 Å². The largest absolute Gasteiger partial charge is 0.476 e. The first-order valence-electron chi connectivity index (χ1n) is 27.0. The van der Waals surface area contributed by atoms with Gasteiger partial charge in [0.25, 0.3) is 8.32 Å². The Morgan fingerprint density at radius 2 is 1.46 bits per heavy atom. The molecular weight excluding hydrogens is 1000 g/mol. The van der Waals surface area contributed by atoms with E-state index in [4.69, 9.17) is 29.0 Å². The number of aryl methyl sites for hydroxylation is 1. The van der Waals surface area contributed by atoms with Crippen LogP contribution in [0.1, 0.15) is 94.9 Å². The Balaban J connectivity index is 0.862. The smallest absolute Gasteiger partial charge is 0.355 e. The van der Waals surface area contributed by atoms with Crippen molar-refractivity contribution in [1.29, 1.82) is 0 Å². The summed E-state index contributed by atoms with van der Waals surface area (Å²) in [5, 5.41) is 27.3. The molecule has 76 heavy (non-hydrogen) atoms. The fraction of sp³-hybridized carbons (Fsp3) is 0.467. The van der Waals surface area contributed by atoms with E-state index in [-0.39, 0.29) is 32.6 Å². The van der Waals surface area contributed by atoms with E-state index in [2.05, 4.69) is 153 Å². The van der Waals surface area contributed by atoms with Gasteiger partial charge in [0, 0.05) is 45.1 Å². The Morgan fingerprint density at radius 1 is 0.803 bits per heavy atom. The van der Waals surface area contributed by atoms with E-state index in [9.17, 15) is 9.90 Å². The van der Waals surface area contributed by atoms with Gasteiger partial charge in [-0.3, -0.25) is 9.25 Å². The molecule has 1 N–H and O–H groups in total. The maximum absolute atomic E-state index is 13.1. The highest BCUT2D eigenvalue weighted by atomic mass is 32.1. The second kappa shape index (κ2) is 20.3. The van der Waals surface area contributed by atoms with Crippen LogP contribution in [-0.4, -0.2) is 89.5 Å². The lowest BCUT2D eigenvalue weighted by Gasteiger charge is -2.69. The number of carboxylic acids is 1. The Labute approximate surface area is 454 Å². The maximum Gasteiger partial charge on any atom is 0.355 e. The van der Waals surface area contributed by atoms with Crippen molar-refractivity contribution >= 4 is 71.7 Å². The molecule has 0 spiro atoms. The van der Waals surface area contributed by atoms with Gasteiger partial charge < -0.3 is 23.9 Å². The van der Waals surface area contributed by atoms with Crippen LogP contribution >= 0.6 is 11.3 Å². The van der Waals surface area contributed by atoms with Gasteiger partial charge in [-0.05, 0) is 126 Å². The van der Waals surface area contributed by atoms with Crippen LogP contribution in [0, 0.1) is 30.1 Å². The normalized spacial score (nSPS) is 22.7. The molecule has 11 rings (SSSR count). The quantitative estimate of drug-likeness (QED) is 0.0614. The van der Waals surface area contributed by atoms with Crippen molar-refractivity contribution in [3.8, 4) is 11.1 Å². The zero-order valence-electron chi connectivity index (χ0n) is 46.4. The van der Waals surface area contributed by atoms with E-state index in [1.807, 2.05) is 50.5 Å². The molecule has 0 amide bonds. The molecule has 13 nitrogen and oxygen atoms in total. The molecule has 2 atom stereocenters. The number of benzene rings is 3. The predicted octanol–water partition coefficient (Wildman–Crippen LogP) is 12.1. The summed E-state index contributed by atoms with van der Waals surface area (Å²) < 4.78 is 26.1. The summed E-state index contributed by atoms with van der Waals surface area (Å²) in [4.78, 5) is 25.4. The van der Waals surface area contributed by atoms with Crippen LogP contribution in [0.2, 0.25) is 30.7 Å². The summed E-state index contributed by atoms with van der Waals surface area (Å²) in [6, 6.07) is 36.6. The highest BCUT2D eigenvalue weighted by Crippen LogP contribution is 2.72. The van der Waals surface area contributed by atoms with Crippen molar-refractivity contribution in [3.63, 3.8) is 0 Å². The Bertz CT molecular complexity index is 3270. The lowest BCUT2D eigenvalue weighted by Crippen LogP contribution is -2.67. The zero-order chi connectivity index (χ0) is 53.9. The molecule has 4 bridgehead atoms. The third kappa shape index (κ3) is 10.6. The first kappa shape index (κ1) is 53.8. The second-order valence-corrected chi connectivity index (χ2v) is 36.3. The average Bonchev–Trinajstić information content (AvgIpc) is 3.94. The Hall–Kier alpha value is -5.63. The first-order valence-corrected chi connectivity index (χ1v) is 33.4. The third-order valence-corrected chi connectivity index (χ3v) is 24.3. The minimum Gasteiger partial charge on any atom is -0.476 e. The van der Waals surface area contributed by atoms with Crippen molar-refractivity contribution in [2.45, 2.75) is 137 Å². The Morgan fingerprint density at radius 3 is 2.09 bits per heavy atom. The number of aromatic carboxylic acids is 1. The van der Waals surface area contributed by atoms with Crippen LogP contribution < -0.4 is 20.1 Å². The molecule has 4 aliphatic rings. The number of thiazole rings is 1. The van der Waals surface area contributed by atoms with Crippen molar-refractivity contribution in [2.24, 2.45) is 21.2 Å². The van der Waals surface area contributed by atoms with Gasteiger partial charge in [-0.25, -0.2) is 9.78 Å².